The number of para-hydroxylation sites is 1. The topological polar surface area (TPSA) is 67.2 Å². The van der Waals surface area contributed by atoms with Crippen molar-refractivity contribution < 1.29 is 4.79 Å². The number of benzene rings is 2. The van der Waals surface area contributed by atoms with E-state index >= 15 is 0 Å². The van der Waals surface area contributed by atoms with E-state index in [2.05, 4.69) is 49.2 Å². The molecular weight excluding hydrogens is 552 g/mol. The van der Waals surface area contributed by atoms with Crippen LogP contribution in [0.4, 0.5) is 0 Å². The van der Waals surface area contributed by atoms with Crippen LogP contribution < -0.4 is 10.9 Å². The van der Waals surface area contributed by atoms with Crippen LogP contribution >= 0.6 is 11.8 Å². The first-order valence-electron chi connectivity index (χ1n) is 16.5. The molecule has 3 heterocycles. The van der Waals surface area contributed by atoms with Crippen LogP contribution in [0, 0.1) is 5.41 Å². The summed E-state index contributed by atoms with van der Waals surface area (Å²) in [6, 6.07) is 15.8. The number of unbranched alkanes of at least 4 members (excludes halogenated alkanes) is 1. The minimum atomic E-state index is -0.287. The third-order valence-electron chi connectivity index (χ3n) is 9.07. The molecule has 1 spiro atoms. The van der Waals surface area contributed by atoms with E-state index in [0.29, 0.717) is 16.1 Å². The van der Waals surface area contributed by atoms with Crippen molar-refractivity contribution in [3.8, 4) is 5.69 Å². The molecule has 0 radical (unpaired) electrons. The fraction of sp³-hybridized carbons (Fsp3) is 0.528. The summed E-state index contributed by atoms with van der Waals surface area (Å²) in [5.74, 6) is 0.196. The van der Waals surface area contributed by atoms with E-state index in [9.17, 15) is 9.59 Å². The summed E-state index contributed by atoms with van der Waals surface area (Å²) in [6.07, 6.45) is 12.6. The van der Waals surface area contributed by atoms with Gasteiger partial charge >= 0.3 is 0 Å². The highest BCUT2D eigenvalue weighted by atomic mass is 32.2. The van der Waals surface area contributed by atoms with Crippen LogP contribution in [0.15, 0.2) is 64.6 Å². The Balaban J connectivity index is 1.54. The second kappa shape index (κ2) is 14.7. The van der Waals surface area contributed by atoms with E-state index in [0.717, 1.165) is 82.4 Å². The maximum Gasteiger partial charge on any atom is 0.266 e. The van der Waals surface area contributed by atoms with Crippen LogP contribution in [0.3, 0.4) is 0 Å². The Kier molecular flexibility index (Phi) is 10.8. The number of fused-ring (bicyclic) bond motifs is 1. The van der Waals surface area contributed by atoms with Gasteiger partial charge in [0.2, 0.25) is 5.91 Å². The Morgan fingerprint density at radius 2 is 1.93 bits per heavy atom. The molecule has 0 bridgehead atoms. The van der Waals surface area contributed by atoms with Crippen molar-refractivity contribution in [1.29, 1.82) is 0 Å². The maximum atomic E-state index is 14.3. The molecule has 230 valence electrons. The molecule has 2 aliphatic rings. The molecule has 1 aromatic heterocycles. The lowest BCUT2D eigenvalue weighted by Crippen LogP contribution is -2.54. The maximum absolute atomic E-state index is 14.3. The molecular formula is C36H48N4O2S. The number of likely N-dealkylation sites (tertiary alicyclic amines) is 1. The molecule has 0 aliphatic carbocycles. The van der Waals surface area contributed by atoms with Crippen LogP contribution in [0.1, 0.15) is 90.5 Å². The Labute approximate surface area is 261 Å². The smallest absolute Gasteiger partial charge is 0.266 e. The normalized spacial score (nSPS) is 20.1. The number of hydrogen-bond donors (Lipinski definition) is 1. The number of allylic oxidation sites excluding steroid dienone is 2. The van der Waals surface area contributed by atoms with Gasteiger partial charge in [-0.1, -0.05) is 82.1 Å². The van der Waals surface area contributed by atoms with Gasteiger partial charge in [-0.3, -0.25) is 14.2 Å². The highest BCUT2D eigenvalue weighted by Gasteiger charge is 2.39. The predicted molar refractivity (Wildman–Crippen MR) is 180 cm³/mol. The van der Waals surface area contributed by atoms with Crippen molar-refractivity contribution in [2.75, 3.05) is 26.2 Å². The van der Waals surface area contributed by atoms with Crippen LogP contribution in [-0.4, -0.2) is 51.8 Å². The Morgan fingerprint density at radius 3 is 2.70 bits per heavy atom. The van der Waals surface area contributed by atoms with Crippen molar-refractivity contribution in [3.05, 3.63) is 70.5 Å². The van der Waals surface area contributed by atoms with Crippen LogP contribution in [0.25, 0.3) is 22.2 Å². The van der Waals surface area contributed by atoms with Gasteiger partial charge in [-0.15, -0.1) is 0 Å². The monoisotopic (exact) mass is 600 g/mol. The number of rotatable bonds is 11. The molecule has 2 fully saturated rings. The lowest BCUT2D eigenvalue weighted by Gasteiger charge is -2.46. The van der Waals surface area contributed by atoms with Gasteiger partial charge in [0.1, 0.15) is 0 Å². The third kappa shape index (κ3) is 7.26. The Morgan fingerprint density at radius 1 is 1.09 bits per heavy atom. The van der Waals surface area contributed by atoms with Crippen molar-refractivity contribution >= 4 is 34.1 Å². The van der Waals surface area contributed by atoms with Gasteiger partial charge in [-0.2, -0.15) is 0 Å². The van der Waals surface area contributed by atoms with Crippen molar-refractivity contribution in [2.24, 2.45) is 5.41 Å². The van der Waals surface area contributed by atoms with Gasteiger partial charge < -0.3 is 10.2 Å². The molecule has 7 heteroatoms. The minimum absolute atomic E-state index is 0.0892. The summed E-state index contributed by atoms with van der Waals surface area (Å²) in [4.78, 5) is 35.6. The van der Waals surface area contributed by atoms with E-state index in [1.54, 1.807) is 4.57 Å². The third-order valence-corrected chi connectivity index (χ3v) is 10.3. The van der Waals surface area contributed by atoms with Gasteiger partial charge in [0.25, 0.3) is 5.56 Å². The molecule has 1 amide bonds. The minimum Gasteiger partial charge on any atom is -0.341 e. The van der Waals surface area contributed by atoms with Crippen molar-refractivity contribution in [3.63, 3.8) is 0 Å². The summed E-state index contributed by atoms with van der Waals surface area (Å²) < 4.78 is 1.75. The fourth-order valence-corrected chi connectivity index (χ4v) is 8.11. The number of piperidine rings is 2. The Bertz CT molecular complexity index is 1480. The van der Waals surface area contributed by atoms with Crippen LogP contribution in [0.5, 0.6) is 0 Å². The van der Waals surface area contributed by atoms with Crippen LogP contribution in [-0.2, 0) is 4.79 Å². The summed E-state index contributed by atoms with van der Waals surface area (Å²) in [5, 5.41) is 4.49. The molecule has 6 nitrogen and oxygen atoms in total. The quantitative estimate of drug-likeness (QED) is 0.181. The second-order valence-electron chi connectivity index (χ2n) is 12.4. The average Bonchev–Trinajstić information content (AvgIpc) is 3.03. The summed E-state index contributed by atoms with van der Waals surface area (Å²) in [5.41, 5.74) is 4.01. The van der Waals surface area contributed by atoms with Gasteiger partial charge in [0, 0.05) is 25.0 Å². The first kappa shape index (κ1) is 31.5. The van der Waals surface area contributed by atoms with Crippen molar-refractivity contribution in [1.82, 2.24) is 19.8 Å². The first-order valence-corrected chi connectivity index (χ1v) is 17.3. The summed E-state index contributed by atoms with van der Waals surface area (Å²) >= 11 is 1.48. The lowest BCUT2D eigenvalue weighted by molar-refractivity contribution is -0.134. The van der Waals surface area contributed by atoms with E-state index in [4.69, 9.17) is 4.98 Å². The number of aromatic nitrogens is 2. The zero-order valence-corrected chi connectivity index (χ0v) is 27.1. The van der Waals surface area contributed by atoms with Gasteiger partial charge in [-0.25, -0.2) is 4.98 Å². The number of carbonyl (C=O) groups excluding carboxylic acids is 1. The van der Waals surface area contributed by atoms with Gasteiger partial charge in [0.05, 0.1) is 21.8 Å². The molecule has 0 saturated carbocycles. The highest BCUT2D eigenvalue weighted by molar-refractivity contribution is 8.00. The van der Waals surface area contributed by atoms with Crippen LogP contribution in [0.2, 0.25) is 0 Å². The van der Waals surface area contributed by atoms with Crippen molar-refractivity contribution in [2.45, 2.75) is 95.4 Å². The van der Waals surface area contributed by atoms with E-state index in [1.807, 2.05) is 36.4 Å². The van der Waals surface area contributed by atoms with E-state index < -0.39 is 0 Å². The average molecular weight is 601 g/mol. The molecule has 1 N–H and O–H groups in total. The van der Waals surface area contributed by atoms with E-state index in [1.165, 1.54) is 36.6 Å². The van der Waals surface area contributed by atoms with Gasteiger partial charge in [0.15, 0.2) is 5.16 Å². The zero-order valence-electron chi connectivity index (χ0n) is 26.2. The highest BCUT2D eigenvalue weighted by Crippen LogP contribution is 2.38. The molecule has 2 unspecified atom stereocenters. The molecule has 2 aliphatic heterocycles. The molecule has 3 aromatic rings. The number of nitrogens with one attached hydrogen (secondary N) is 1. The summed E-state index contributed by atoms with van der Waals surface area (Å²) in [7, 11) is 0. The summed E-state index contributed by atoms with van der Waals surface area (Å²) in [6.45, 7) is 10.2. The Hall–Kier alpha value is -2.90. The predicted octanol–water partition coefficient (Wildman–Crippen LogP) is 7.62. The molecule has 2 atom stereocenters. The standard InChI is InChI=1S/C36H48N4O2S/c1-4-7-19-32(34(42)39-23-12-21-36(26-39)20-11-22-37-25-36)43-35-38-31-18-9-8-17-30(31)33(41)40(35)29-16-10-15-28(24-29)27(13-5-2)14-6-3/h8-10,13,15-18,24,32,37H,4-7,11-12,14,19-23,25-26H2,1-3H3/b27-13+. The molecule has 43 heavy (non-hydrogen) atoms. The SMILES string of the molecule is CC/C=C(\CCC)c1cccc(-n2c(SC(CCCC)C(=O)N3CCCC4(CCCNC4)C3)nc3ccccc3c2=O)c1. The molecule has 2 saturated heterocycles. The number of carbonyl (C=O) groups is 1. The molecule has 2 aromatic carbocycles. The largest absolute Gasteiger partial charge is 0.341 e. The second-order valence-corrected chi connectivity index (χ2v) is 13.6. The molecule has 5 rings (SSSR count). The zero-order chi connectivity index (χ0) is 30.2. The number of thioether (sulfide) groups is 1. The number of hydrogen-bond acceptors (Lipinski definition) is 5. The first-order chi connectivity index (χ1) is 21.0. The van der Waals surface area contributed by atoms with Gasteiger partial charge in [-0.05, 0) is 86.9 Å². The fourth-order valence-electron chi connectivity index (χ4n) is 6.87. The number of amides is 1. The number of nitrogens with zero attached hydrogens (tertiary/aromatic N) is 3. The lowest BCUT2D eigenvalue weighted by atomic mass is 9.74. The van der Waals surface area contributed by atoms with E-state index in [-0.39, 0.29) is 22.1 Å².